The average molecular weight is 369 g/mol. The Bertz CT molecular complexity index is 843. The average Bonchev–Trinajstić information content (AvgIpc) is 3.35. The molecule has 0 aliphatic rings. The highest BCUT2D eigenvalue weighted by molar-refractivity contribution is 7.16. The smallest absolute Gasteiger partial charge is 0.264 e. The van der Waals surface area contributed by atoms with E-state index in [0.29, 0.717) is 10.6 Å². The number of hydrogen-bond donors (Lipinski definition) is 2. The van der Waals surface area contributed by atoms with E-state index in [-0.39, 0.29) is 24.5 Å². The number of nitrogens with zero attached hydrogens (tertiary/aromatic N) is 2. The Hall–Kier alpha value is -2.44. The largest absolute Gasteiger partial charge is 0.394 e. The standard InChI is InChI=1S/C20H23N3O2S/c1-3-14(2)16(13-24)21-19(25)18-17(15-9-5-4-6-10-15)22-20(26-18)23-11-7-8-12-23/h4-12,14,16,24H,3,13H2,1-2H3,(H,21,25)/t14-,16+/m0/s1. The maximum absolute atomic E-state index is 13.0. The van der Waals surface area contributed by atoms with E-state index in [0.717, 1.165) is 17.1 Å². The molecular weight excluding hydrogens is 346 g/mol. The summed E-state index contributed by atoms with van der Waals surface area (Å²) in [7, 11) is 0. The monoisotopic (exact) mass is 369 g/mol. The normalized spacial score (nSPS) is 13.3. The molecule has 0 aliphatic heterocycles. The Labute approximate surface area is 157 Å². The Morgan fingerprint density at radius 2 is 1.92 bits per heavy atom. The third-order valence-electron chi connectivity index (χ3n) is 4.54. The lowest BCUT2D eigenvalue weighted by Gasteiger charge is -2.21. The number of amides is 1. The second-order valence-electron chi connectivity index (χ2n) is 6.28. The molecule has 0 aliphatic carbocycles. The van der Waals surface area contributed by atoms with Crippen LogP contribution in [0.5, 0.6) is 0 Å². The Morgan fingerprint density at radius 3 is 2.54 bits per heavy atom. The van der Waals surface area contributed by atoms with E-state index in [4.69, 9.17) is 4.98 Å². The molecule has 0 saturated heterocycles. The van der Waals surface area contributed by atoms with E-state index in [2.05, 4.69) is 5.32 Å². The number of aliphatic hydroxyl groups excluding tert-OH is 1. The van der Waals surface area contributed by atoms with Gasteiger partial charge in [-0.1, -0.05) is 61.9 Å². The minimum Gasteiger partial charge on any atom is -0.394 e. The van der Waals surface area contributed by atoms with E-state index >= 15 is 0 Å². The van der Waals surface area contributed by atoms with Gasteiger partial charge in [0.25, 0.3) is 5.91 Å². The molecule has 1 aromatic carbocycles. The fourth-order valence-corrected chi connectivity index (χ4v) is 3.67. The van der Waals surface area contributed by atoms with Crippen LogP contribution in [0.2, 0.25) is 0 Å². The summed E-state index contributed by atoms with van der Waals surface area (Å²) >= 11 is 1.35. The molecule has 136 valence electrons. The molecule has 2 atom stereocenters. The number of aromatic nitrogens is 2. The number of rotatable bonds is 7. The molecule has 0 fully saturated rings. The summed E-state index contributed by atoms with van der Waals surface area (Å²) in [5.41, 5.74) is 1.56. The third kappa shape index (κ3) is 3.86. The van der Waals surface area contributed by atoms with Crippen molar-refractivity contribution in [2.24, 2.45) is 5.92 Å². The topological polar surface area (TPSA) is 67.2 Å². The van der Waals surface area contributed by atoms with Crippen LogP contribution >= 0.6 is 11.3 Å². The molecule has 0 radical (unpaired) electrons. The van der Waals surface area contributed by atoms with Gasteiger partial charge in [-0.3, -0.25) is 4.79 Å². The number of thiazole rings is 1. The molecule has 2 aromatic heterocycles. The number of nitrogens with one attached hydrogen (secondary N) is 1. The van der Waals surface area contributed by atoms with Crippen molar-refractivity contribution in [3.05, 3.63) is 59.7 Å². The molecule has 0 bridgehead atoms. The highest BCUT2D eigenvalue weighted by Gasteiger charge is 2.24. The van der Waals surface area contributed by atoms with Crippen molar-refractivity contribution in [1.29, 1.82) is 0 Å². The van der Waals surface area contributed by atoms with E-state index in [9.17, 15) is 9.90 Å². The van der Waals surface area contributed by atoms with Gasteiger partial charge in [0, 0.05) is 18.0 Å². The van der Waals surface area contributed by atoms with Crippen molar-refractivity contribution < 1.29 is 9.90 Å². The lowest BCUT2D eigenvalue weighted by atomic mass is 10.00. The van der Waals surface area contributed by atoms with Crippen LogP contribution in [0, 0.1) is 5.92 Å². The van der Waals surface area contributed by atoms with Gasteiger partial charge in [-0.25, -0.2) is 4.98 Å². The first kappa shape index (κ1) is 18.4. The quantitative estimate of drug-likeness (QED) is 0.667. The molecule has 26 heavy (non-hydrogen) atoms. The summed E-state index contributed by atoms with van der Waals surface area (Å²) in [6.07, 6.45) is 4.70. The predicted octanol–water partition coefficient (Wildman–Crippen LogP) is 3.74. The zero-order valence-corrected chi connectivity index (χ0v) is 15.7. The minimum absolute atomic E-state index is 0.0787. The molecule has 0 spiro atoms. The first-order valence-corrected chi connectivity index (χ1v) is 9.57. The number of carbonyl (C=O) groups is 1. The number of aliphatic hydroxyl groups is 1. The van der Waals surface area contributed by atoms with Gasteiger partial charge in [-0.2, -0.15) is 0 Å². The number of benzene rings is 1. The molecule has 2 heterocycles. The summed E-state index contributed by atoms with van der Waals surface area (Å²) in [5.74, 6) is 0.0000695. The van der Waals surface area contributed by atoms with Crippen LogP contribution in [0.25, 0.3) is 16.4 Å². The van der Waals surface area contributed by atoms with Crippen LogP contribution in [-0.2, 0) is 0 Å². The zero-order valence-electron chi connectivity index (χ0n) is 14.9. The lowest BCUT2D eigenvalue weighted by molar-refractivity contribution is 0.0896. The van der Waals surface area contributed by atoms with Crippen molar-refractivity contribution in [3.63, 3.8) is 0 Å². The maximum atomic E-state index is 13.0. The summed E-state index contributed by atoms with van der Waals surface area (Å²) in [6.45, 7) is 3.99. The SMILES string of the molecule is CC[C@H](C)[C@@H](CO)NC(=O)c1sc(-n2cccc2)nc1-c1ccccc1. The fraction of sp³-hybridized carbons (Fsp3) is 0.300. The van der Waals surface area contributed by atoms with Crippen LogP contribution in [0.4, 0.5) is 0 Å². The van der Waals surface area contributed by atoms with Crippen LogP contribution < -0.4 is 5.32 Å². The molecule has 2 N–H and O–H groups in total. The van der Waals surface area contributed by atoms with Gasteiger partial charge in [0.05, 0.1) is 18.3 Å². The van der Waals surface area contributed by atoms with Crippen LogP contribution in [0.1, 0.15) is 29.9 Å². The molecule has 0 saturated carbocycles. The second kappa shape index (κ2) is 8.29. The van der Waals surface area contributed by atoms with E-state index in [1.165, 1.54) is 11.3 Å². The van der Waals surface area contributed by atoms with E-state index in [1.807, 2.05) is 73.3 Å². The first-order chi connectivity index (χ1) is 12.6. The summed E-state index contributed by atoms with van der Waals surface area (Å²) < 4.78 is 1.89. The van der Waals surface area contributed by atoms with Crippen LogP contribution in [-0.4, -0.2) is 33.2 Å². The van der Waals surface area contributed by atoms with Gasteiger partial charge < -0.3 is 15.0 Å². The molecule has 0 unspecified atom stereocenters. The van der Waals surface area contributed by atoms with Crippen molar-refractivity contribution >= 4 is 17.2 Å². The number of hydrogen-bond acceptors (Lipinski definition) is 4. The fourth-order valence-electron chi connectivity index (χ4n) is 2.71. The Kier molecular flexibility index (Phi) is 5.85. The van der Waals surface area contributed by atoms with Gasteiger partial charge in [0.15, 0.2) is 5.13 Å². The predicted molar refractivity (Wildman–Crippen MR) is 105 cm³/mol. The second-order valence-corrected chi connectivity index (χ2v) is 7.26. The van der Waals surface area contributed by atoms with Crippen LogP contribution in [0.15, 0.2) is 54.9 Å². The molecule has 3 aromatic rings. The van der Waals surface area contributed by atoms with Crippen molar-refractivity contribution in [2.45, 2.75) is 26.3 Å². The van der Waals surface area contributed by atoms with E-state index in [1.54, 1.807) is 0 Å². The van der Waals surface area contributed by atoms with Gasteiger partial charge in [-0.15, -0.1) is 0 Å². The summed E-state index contributed by atoms with van der Waals surface area (Å²) in [5, 5.41) is 13.3. The zero-order chi connectivity index (χ0) is 18.5. The van der Waals surface area contributed by atoms with Crippen molar-refractivity contribution in [2.75, 3.05) is 6.61 Å². The minimum atomic E-state index is -0.270. The van der Waals surface area contributed by atoms with Crippen molar-refractivity contribution in [1.82, 2.24) is 14.9 Å². The van der Waals surface area contributed by atoms with Gasteiger partial charge in [0.2, 0.25) is 0 Å². The first-order valence-electron chi connectivity index (χ1n) is 8.75. The summed E-state index contributed by atoms with van der Waals surface area (Å²) in [6, 6.07) is 13.3. The molecular formula is C20H23N3O2S. The highest BCUT2D eigenvalue weighted by Crippen LogP contribution is 2.30. The number of carbonyl (C=O) groups excluding carboxylic acids is 1. The van der Waals surface area contributed by atoms with Gasteiger partial charge >= 0.3 is 0 Å². The van der Waals surface area contributed by atoms with E-state index < -0.39 is 0 Å². The van der Waals surface area contributed by atoms with Gasteiger partial charge in [0.1, 0.15) is 4.88 Å². The molecule has 1 amide bonds. The van der Waals surface area contributed by atoms with Crippen molar-refractivity contribution in [3.8, 4) is 16.4 Å². The molecule has 6 heteroatoms. The van der Waals surface area contributed by atoms with Gasteiger partial charge in [-0.05, 0) is 18.1 Å². The maximum Gasteiger partial charge on any atom is 0.264 e. The molecule has 5 nitrogen and oxygen atoms in total. The Balaban J connectivity index is 1.98. The lowest BCUT2D eigenvalue weighted by Crippen LogP contribution is -2.41. The summed E-state index contributed by atoms with van der Waals surface area (Å²) in [4.78, 5) is 18.2. The highest BCUT2D eigenvalue weighted by atomic mass is 32.1. The third-order valence-corrected chi connectivity index (χ3v) is 5.61. The molecule has 3 rings (SSSR count). The van der Waals surface area contributed by atoms with Crippen LogP contribution in [0.3, 0.4) is 0 Å². The Morgan fingerprint density at radius 1 is 1.23 bits per heavy atom.